The number of rotatable bonds is 17. The van der Waals surface area contributed by atoms with Gasteiger partial charge in [-0.3, -0.25) is 19.0 Å². The number of carboxylic acid groups (broad SMARTS) is 1. The van der Waals surface area contributed by atoms with Gasteiger partial charge in [0.2, 0.25) is 5.91 Å². The number of hydrogen-bond donors (Lipinski definition) is 5. The third-order valence-corrected chi connectivity index (χ3v) is 7.50. The average Bonchev–Trinajstić information content (AvgIpc) is 3.30. The minimum absolute atomic E-state index is 0.0218. The van der Waals surface area contributed by atoms with Crippen molar-refractivity contribution in [3.8, 4) is 0 Å². The Labute approximate surface area is 252 Å². The van der Waals surface area contributed by atoms with Crippen LogP contribution in [-0.4, -0.2) is 78.0 Å². The maximum absolute atomic E-state index is 13.7. The maximum Gasteiger partial charge on any atom is 0.305 e. The van der Waals surface area contributed by atoms with Crippen molar-refractivity contribution < 1.29 is 24.4 Å². The lowest BCUT2D eigenvalue weighted by atomic mass is 9.92. The van der Waals surface area contributed by atoms with Gasteiger partial charge in [0.1, 0.15) is 22.4 Å². The molecule has 1 amide bonds. The van der Waals surface area contributed by atoms with E-state index in [1.807, 2.05) is 32.7 Å². The molecular weight excluding hydrogens is 562 g/mol. The first-order valence-corrected chi connectivity index (χ1v) is 14.9. The third-order valence-electron chi connectivity index (χ3n) is 7.04. The minimum atomic E-state index is -1.85. The Morgan fingerprint density at radius 2 is 1.88 bits per heavy atom. The molecule has 0 aliphatic heterocycles. The number of carbonyl (C=O) groups excluding carboxylic acids is 1. The average molecular weight is 610 g/mol. The molecule has 0 spiro atoms. The Hall–Kier alpha value is -2.97. The number of nitrogens with zero attached hydrogens (tertiary/aromatic N) is 5. The zero-order valence-electron chi connectivity index (χ0n) is 25.8. The van der Waals surface area contributed by atoms with E-state index in [2.05, 4.69) is 45.5 Å². The number of aryl methyl sites for hydroxylation is 1. The predicted octanol–water partition coefficient (Wildman–Crippen LogP) is 2.89. The summed E-state index contributed by atoms with van der Waals surface area (Å²) in [6.07, 6.45) is 5.38. The number of anilines is 1. The van der Waals surface area contributed by atoms with E-state index in [1.165, 1.54) is 4.57 Å². The van der Waals surface area contributed by atoms with Crippen LogP contribution in [0.2, 0.25) is 0 Å². The van der Waals surface area contributed by atoms with Gasteiger partial charge in [0.15, 0.2) is 5.82 Å². The normalized spacial score (nSPS) is 14.8. The topological polar surface area (TPSA) is 176 Å². The lowest BCUT2D eigenvalue weighted by molar-refractivity contribution is -0.139. The molecule has 0 bridgehead atoms. The Bertz CT molecular complexity index is 1240. The van der Waals surface area contributed by atoms with Crippen LogP contribution in [0.1, 0.15) is 96.3 Å². The fraction of sp³-hybridized carbons (Fsp3) is 0.714. The Morgan fingerprint density at radius 3 is 2.43 bits per heavy atom. The second kappa shape index (κ2) is 15.5. The first-order valence-electron chi connectivity index (χ1n) is 14.4. The van der Waals surface area contributed by atoms with E-state index >= 15 is 0 Å². The summed E-state index contributed by atoms with van der Waals surface area (Å²) in [6, 6.07) is -2.23. The molecule has 2 rings (SSSR count). The molecule has 0 radical (unpaired) electrons. The molecule has 0 aliphatic rings. The van der Waals surface area contributed by atoms with Crippen molar-refractivity contribution in [1.82, 2.24) is 30.1 Å². The van der Waals surface area contributed by atoms with E-state index < -0.39 is 46.3 Å². The second-order valence-electron chi connectivity index (χ2n) is 11.8. The van der Waals surface area contributed by atoms with E-state index in [0.717, 1.165) is 25.7 Å². The van der Waals surface area contributed by atoms with Gasteiger partial charge < -0.3 is 25.7 Å². The van der Waals surface area contributed by atoms with Crippen LogP contribution in [-0.2, 0) is 21.5 Å². The molecule has 14 heteroatoms. The van der Waals surface area contributed by atoms with Crippen LogP contribution in [0.25, 0.3) is 0 Å². The molecule has 13 nitrogen and oxygen atoms in total. The van der Waals surface area contributed by atoms with E-state index in [1.54, 1.807) is 20.0 Å². The molecule has 2 aromatic heterocycles. The maximum atomic E-state index is 13.7. The number of unbranched alkanes of at least 4 members (excludes halogenated alkanes) is 3. The number of likely N-dealkylation sites (N-methyl/N-ethyl adjacent to an activating group) is 1. The quantitative estimate of drug-likeness (QED) is 0.101. The molecule has 0 aliphatic carbocycles. The van der Waals surface area contributed by atoms with Crippen LogP contribution in [0.3, 0.4) is 0 Å². The van der Waals surface area contributed by atoms with Crippen LogP contribution in [0.15, 0.2) is 15.6 Å². The van der Waals surface area contributed by atoms with Crippen LogP contribution in [0, 0.1) is 6.92 Å². The molecule has 236 valence electrons. The largest absolute Gasteiger partial charge is 0.481 e. The molecule has 0 saturated carbocycles. The van der Waals surface area contributed by atoms with Crippen LogP contribution < -0.4 is 16.2 Å². The number of carbonyl (C=O) groups is 2. The summed E-state index contributed by atoms with van der Waals surface area (Å²) in [4.78, 5) is 43.5. The van der Waals surface area contributed by atoms with Crippen LogP contribution in [0.4, 0.5) is 5.82 Å². The molecule has 3 atom stereocenters. The minimum Gasteiger partial charge on any atom is -0.481 e. The zero-order valence-corrected chi connectivity index (χ0v) is 26.7. The summed E-state index contributed by atoms with van der Waals surface area (Å²) in [6.45, 7) is 12.2. The van der Waals surface area contributed by atoms with Gasteiger partial charge in [-0.1, -0.05) is 64.2 Å². The van der Waals surface area contributed by atoms with Crippen LogP contribution in [0.5, 0.6) is 0 Å². The van der Waals surface area contributed by atoms with Crippen molar-refractivity contribution in [2.45, 2.75) is 109 Å². The number of thiol groups is 1. The van der Waals surface area contributed by atoms with E-state index in [-0.39, 0.29) is 25.3 Å². The van der Waals surface area contributed by atoms with Crippen molar-refractivity contribution in [1.29, 1.82) is 0 Å². The first kappa shape index (κ1) is 35.2. The van der Waals surface area contributed by atoms with Crippen molar-refractivity contribution in [2.24, 2.45) is 0 Å². The van der Waals surface area contributed by atoms with E-state index in [9.17, 15) is 24.6 Å². The van der Waals surface area contributed by atoms with Gasteiger partial charge in [0.05, 0.1) is 24.7 Å². The highest BCUT2D eigenvalue weighted by Crippen LogP contribution is 2.24. The summed E-state index contributed by atoms with van der Waals surface area (Å²) in [5, 5.41) is 34.1. The van der Waals surface area contributed by atoms with Gasteiger partial charge >= 0.3 is 5.97 Å². The first-order chi connectivity index (χ1) is 19.6. The molecule has 0 unspecified atom stereocenters. The number of aliphatic hydroxyl groups is 1. The lowest BCUT2D eigenvalue weighted by Crippen LogP contribution is -2.56. The molecule has 2 aromatic rings. The van der Waals surface area contributed by atoms with Gasteiger partial charge in [-0.25, -0.2) is 9.61 Å². The number of carboxylic acids is 1. The lowest BCUT2D eigenvalue weighted by Gasteiger charge is -2.36. The standard InChI is InChI=1S/C28H47N7O6S/c1-8-10-11-12-13-34(7)17-28(40,42)21(14-23(36)37)31-25(38)20(9-2)35-16-22(27(4,5)6)30-24(26(35)39)29-15-19-18(3)32-41-33-19/h16,20-21,40,42H,8-15,17H2,1-7H3,(H,29,30)(H,31,38)(H,36,37)/t20-,21+,28+/m1/s1. The molecule has 2 heterocycles. The predicted molar refractivity (Wildman–Crippen MR) is 163 cm³/mol. The molecule has 4 N–H and O–H groups in total. The van der Waals surface area contributed by atoms with Crippen molar-refractivity contribution >= 4 is 30.3 Å². The number of hydrogen-bond acceptors (Lipinski definition) is 11. The fourth-order valence-electron chi connectivity index (χ4n) is 4.47. The number of aliphatic carboxylic acids is 1. The third kappa shape index (κ3) is 10.1. The molecule has 42 heavy (non-hydrogen) atoms. The van der Waals surface area contributed by atoms with Gasteiger partial charge in [-0.15, -0.1) is 12.6 Å². The summed E-state index contributed by atoms with van der Waals surface area (Å²) < 4.78 is 6.03. The van der Waals surface area contributed by atoms with Gasteiger partial charge in [-0.05, 0) is 33.4 Å². The van der Waals surface area contributed by atoms with Gasteiger partial charge in [0, 0.05) is 18.2 Å². The van der Waals surface area contributed by atoms with Gasteiger partial charge in [-0.2, -0.15) is 0 Å². The summed E-state index contributed by atoms with van der Waals surface area (Å²) in [7, 11) is 1.82. The summed E-state index contributed by atoms with van der Waals surface area (Å²) >= 11 is 4.40. The van der Waals surface area contributed by atoms with Crippen molar-refractivity contribution in [3.05, 3.63) is 33.6 Å². The number of aromatic nitrogens is 4. The smallest absolute Gasteiger partial charge is 0.305 e. The molecule has 0 saturated heterocycles. The SMILES string of the molecule is CCCCCCN(C)C[C@](O)(S)[C@H](CC(=O)O)NC(=O)[C@@H](CC)n1cc(C(C)(C)C)nc(NCc2nonc2C)c1=O. The Balaban J connectivity index is 2.36. The Kier molecular flexibility index (Phi) is 13.0. The molecular formula is C28H47N7O6S. The summed E-state index contributed by atoms with van der Waals surface area (Å²) in [5.74, 6) is -1.79. The monoisotopic (exact) mass is 609 g/mol. The zero-order chi connectivity index (χ0) is 31.7. The van der Waals surface area contributed by atoms with Crippen LogP contribution >= 0.6 is 12.6 Å². The van der Waals surface area contributed by atoms with Crippen molar-refractivity contribution in [3.63, 3.8) is 0 Å². The Morgan fingerprint density at radius 1 is 1.19 bits per heavy atom. The van der Waals surface area contributed by atoms with Gasteiger partial charge in [0.25, 0.3) is 5.56 Å². The van der Waals surface area contributed by atoms with E-state index in [0.29, 0.717) is 23.6 Å². The highest BCUT2D eigenvalue weighted by molar-refractivity contribution is 7.81. The number of amides is 1. The molecule has 0 fully saturated rings. The summed E-state index contributed by atoms with van der Waals surface area (Å²) in [5.41, 5.74) is 0.625. The second-order valence-corrected chi connectivity index (χ2v) is 12.6. The van der Waals surface area contributed by atoms with Crippen molar-refractivity contribution in [2.75, 3.05) is 25.5 Å². The number of nitrogens with one attached hydrogen (secondary N) is 2. The molecule has 0 aromatic carbocycles. The fourth-order valence-corrected chi connectivity index (χ4v) is 4.87. The highest BCUT2D eigenvalue weighted by atomic mass is 32.1. The highest BCUT2D eigenvalue weighted by Gasteiger charge is 2.38. The van der Waals surface area contributed by atoms with E-state index in [4.69, 9.17) is 4.63 Å².